The highest BCUT2D eigenvalue weighted by Crippen LogP contribution is 2.48. The number of nitrogen functional groups attached to an aromatic ring is 1. The minimum Gasteiger partial charge on any atom is -0.383 e. The summed E-state index contributed by atoms with van der Waals surface area (Å²) >= 11 is 12.4. The molecular formula is C21H27Cl2N5O. The zero-order valence-electron chi connectivity index (χ0n) is 16.8. The van der Waals surface area contributed by atoms with Crippen LogP contribution in [0.4, 0.5) is 11.8 Å². The molecule has 2 aliphatic rings. The molecule has 1 aromatic carbocycles. The van der Waals surface area contributed by atoms with Crippen molar-refractivity contribution in [1.29, 1.82) is 0 Å². The Hall–Kier alpha value is -1.76. The lowest BCUT2D eigenvalue weighted by Crippen LogP contribution is -2.48. The van der Waals surface area contributed by atoms with Crippen molar-refractivity contribution >= 4 is 35.0 Å². The molecule has 1 aliphatic heterocycles. The van der Waals surface area contributed by atoms with Gasteiger partial charge in [0.1, 0.15) is 5.82 Å². The molecule has 4 N–H and O–H groups in total. The summed E-state index contributed by atoms with van der Waals surface area (Å²) in [5.41, 5.74) is 13.5. The van der Waals surface area contributed by atoms with Crippen LogP contribution in [0.2, 0.25) is 10.0 Å². The van der Waals surface area contributed by atoms with Crippen molar-refractivity contribution in [3.05, 3.63) is 38.6 Å². The summed E-state index contributed by atoms with van der Waals surface area (Å²) in [6, 6.07) is 5.41. The van der Waals surface area contributed by atoms with Crippen LogP contribution >= 0.6 is 23.2 Å². The number of nitrogens with two attached hydrogens (primary N) is 2. The van der Waals surface area contributed by atoms with Crippen LogP contribution in [0.15, 0.2) is 23.0 Å². The first kappa shape index (κ1) is 20.5. The minimum atomic E-state index is -0.233. The molecule has 6 nitrogen and oxygen atoms in total. The third kappa shape index (κ3) is 3.41. The van der Waals surface area contributed by atoms with Crippen LogP contribution in [0.25, 0.3) is 11.1 Å². The molecule has 2 fully saturated rings. The number of hydrogen-bond donors (Lipinski definition) is 2. The highest BCUT2D eigenvalue weighted by molar-refractivity contribution is 6.43. The van der Waals surface area contributed by atoms with Crippen LogP contribution in [0, 0.1) is 11.3 Å². The van der Waals surface area contributed by atoms with Crippen LogP contribution in [0.3, 0.4) is 0 Å². The van der Waals surface area contributed by atoms with Gasteiger partial charge in [0.2, 0.25) is 5.95 Å². The molecule has 1 aromatic heterocycles. The van der Waals surface area contributed by atoms with Gasteiger partial charge in [0.25, 0.3) is 5.56 Å². The molecule has 0 bridgehead atoms. The fraction of sp³-hybridized carbons (Fsp3) is 0.524. The molecule has 1 saturated heterocycles. The smallest absolute Gasteiger partial charge is 0.264 e. The number of piperidine rings is 1. The highest BCUT2D eigenvalue weighted by Gasteiger charge is 2.46. The number of nitrogens with zero attached hydrogens (tertiary/aromatic N) is 3. The third-order valence-electron chi connectivity index (χ3n) is 6.76. The summed E-state index contributed by atoms with van der Waals surface area (Å²) in [6.07, 6.45) is 4.30. The van der Waals surface area contributed by atoms with Gasteiger partial charge in [-0.15, -0.1) is 0 Å². The van der Waals surface area contributed by atoms with E-state index in [4.69, 9.17) is 34.7 Å². The van der Waals surface area contributed by atoms with Gasteiger partial charge < -0.3 is 16.4 Å². The fourth-order valence-corrected chi connectivity index (χ4v) is 5.57. The van der Waals surface area contributed by atoms with E-state index in [0.717, 1.165) is 32.4 Å². The van der Waals surface area contributed by atoms with Gasteiger partial charge in [0, 0.05) is 31.7 Å². The first-order chi connectivity index (χ1) is 13.7. The predicted molar refractivity (Wildman–Crippen MR) is 120 cm³/mol. The molecule has 0 unspecified atom stereocenters. The van der Waals surface area contributed by atoms with Crippen LogP contribution < -0.4 is 21.9 Å². The maximum atomic E-state index is 13.2. The quantitative estimate of drug-likeness (QED) is 0.750. The Morgan fingerprint density at radius 3 is 2.55 bits per heavy atom. The van der Waals surface area contributed by atoms with E-state index in [1.807, 2.05) is 0 Å². The molecule has 2 atom stereocenters. The number of anilines is 2. The lowest BCUT2D eigenvalue weighted by atomic mass is 9.74. The van der Waals surface area contributed by atoms with Crippen LogP contribution in [0.5, 0.6) is 0 Å². The molecule has 0 amide bonds. The van der Waals surface area contributed by atoms with E-state index in [2.05, 4.69) is 16.8 Å². The standard InChI is InChI=1S/C21H27Cl2N5O/c1-12-10-15(24)21(11-12)6-8-28(9-7-21)20-26-18(25)16(19(29)27(20)2)13-4-3-5-14(22)17(13)23/h3-5,12,15H,6-11,24-25H2,1-2H3/t12-,15-/m1/s1. The summed E-state index contributed by atoms with van der Waals surface area (Å²) in [4.78, 5) is 19.9. The van der Waals surface area contributed by atoms with Crippen LogP contribution in [-0.2, 0) is 7.05 Å². The van der Waals surface area contributed by atoms with E-state index < -0.39 is 0 Å². The van der Waals surface area contributed by atoms with Gasteiger partial charge in [-0.3, -0.25) is 9.36 Å². The van der Waals surface area contributed by atoms with Crippen molar-refractivity contribution in [2.24, 2.45) is 24.1 Å². The van der Waals surface area contributed by atoms with Crippen molar-refractivity contribution in [2.75, 3.05) is 23.7 Å². The Morgan fingerprint density at radius 2 is 1.93 bits per heavy atom. The first-order valence-electron chi connectivity index (χ1n) is 10.0. The molecule has 1 spiro atoms. The second kappa shape index (κ2) is 7.49. The summed E-state index contributed by atoms with van der Waals surface area (Å²) in [5.74, 6) is 1.43. The van der Waals surface area contributed by atoms with E-state index in [1.54, 1.807) is 29.8 Å². The van der Waals surface area contributed by atoms with Crippen molar-refractivity contribution in [2.45, 2.75) is 38.6 Å². The topological polar surface area (TPSA) is 90.2 Å². The fourth-order valence-electron chi connectivity index (χ4n) is 5.18. The highest BCUT2D eigenvalue weighted by atomic mass is 35.5. The molecule has 1 saturated carbocycles. The number of hydrogen-bond acceptors (Lipinski definition) is 5. The zero-order valence-corrected chi connectivity index (χ0v) is 18.3. The molecule has 2 aromatic rings. The molecule has 1 aliphatic carbocycles. The van der Waals surface area contributed by atoms with Crippen LogP contribution in [-0.4, -0.2) is 28.7 Å². The normalized spacial score (nSPS) is 23.7. The van der Waals surface area contributed by atoms with E-state index >= 15 is 0 Å². The lowest BCUT2D eigenvalue weighted by Gasteiger charge is -2.42. The van der Waals surface area contributed by atoms with Gasteiger partial charge in [0.15, 0.2) is 0 Å². The average molecular weight is 436 g/mol. The third-order valence-corrected chi connectivity index (χ3v) is 7.57. The number of benzene rings is 1. The summed E-state index contributed by atoms with van der Waals surface area (Å²) in [6.45, 7) is 3.92. The molecule has 0 radical (unpaired) electrons. The minimum absolute atomic E-state index is 0.166. The molecule has 29 heavy (non-hydrogen) atoms. The summed E-state index contributed by atoms with van der Waals surface area (Å²) in [7, 11) is 1.72. The Balaban J connectivity index is 1.66. The Kier molecular flexibility index (Phi) is 5.30. The van der Waals surface area contributed by atoms with Gasteiger partial charge >= 0.3 is 0 Å². The van der Waals surface area contributed by atoms with Gasteiger partial charge in [-0.05, 0) is 43.1 Å². The van der Waals surface area contributed by atoms with Gasteiger partial charge in [0.05, 0.1) is 15.6 Å². The molecule has 2 heterocycles. The lowest BCUT2D eigenvalue weighted by molar-refractivity contribution is 0.192. The Morgan fingerprint density at radius 1 is 1.24 bits per heavy atom. The van der Waals surface area contributed by atoms with Crippen molar-refractivity contribution < 1.29 is 0 Å². The Bertz CT molecular complexity index is 997. The number of aromatic nitrogens is 2. The SMILES string of the molecule is C[C@@H]1C[C@@H](N)C2(CCN(c3nc(N)c(-c4cccc(Cl)c4Cl)c(=O)n3C)CC2)C1. The molecular weight excluding hydrogens is 409 g/mol. The van der Waals surface area contributed by atoms with E-state index in [1.165, 1.54) is 6.42 Å². The van der Waals surface area contributed by atoms with Crippen molar-refractivity contribution in [3.63, 3.8) is 0 Å². The van der Waals surface area contributed by atoms with Gasteiger partial charge in [-0.2, -0.15) is 4.98 Å². The molecule has 156 valence electrons. The second-order valence-corrected chi connectivity index (χ2v) is 9.42. The zero-order chi connectivity index (χ0) is 20.9. The molecule has 4 rings (SSSR count). The molecule has 8 heteroatoms. The van der Waals surface area contributed by atoms with E-state index in [9.17, 15) is 4.79 Å². The van der Waals surface area contributed by atoms with E-state index in [0.29, 0.717) is 27.5 Å². The van der Waals surface area contributed by atoms with Crippen molar-refractivity contribution in [1.82, 2.24) is 9.55 Å². The maximum Gasteiger partial charge on any atom is 0.264 e. The number of rotatable bonds is 2. The largest absolute Gasteiger partial charge is 0.383 e. The van der Waals surface area contributed by atoms with Crippen molar-refractivity contribution in [3.8, 4) is 11.1 Å². The summed E-state index contributed by atoms with van der Waals surface area (Å²) in [5, 5.41) is 0.676. The maximum absolute atomic E-state index is 13.2. The number of halogens is 2. The van der Waals surface area contributed by atoms with Crippen LogP contribution in [0.1, 0.15) is 32.6 Å². The predicted octanol–water partition coefficient (Wildman–Crippen LogP) is 3.68. The average Bonchev–Trinajstić information content (AvgIpc) is 2.95. The van der Waals surface area contributed by atoms with Gasteiger partial charge in [-0.25, -0.2) is 0 Å². The van der Waals surface area contributed by atoms with E-state index in [-0.39, 0.29) is 28.4 Å². The Labute approximate surface area is 180 Å². The first-order valence-corrected chi connectivity index (χ1v) is 10.8. The summed E-state index contributed by atoms with van der Waals surface area (Å²) < 4.78 is 1.55. The second-order valence-electron chi connectivity index (χ2n) is 8.64. The monoisotopic (exact) mass is 435 g/mol. The van der Waals surface area contributed by atoms with Gasteiger partial charge in [-0.1, -0.05) is 42.3 Å².